The van der Waals surface area contributed by atoms with Crippen LogP contribution in [0.3, 0.4) is 0 Å². The van der Waals surface area contributed by atoms with Crippen LogP contribution in [-0.2, 0) is 9.59 Å². The van der Waals surface area contributed by atoms with Crippen molar-refractivity contribution in [2.45, 2.75) is 119 Å². The number of fused-ring (bicyclic) bond motifs is 5. The highest BCUT2D eigenvalue weighted by molar-refractivity contribution is 6.25. The number of allylic oxidation sites excluding steroid dienone is 13. The molecule has 0 fully saturated rings. The summed E-state index contributed by atoms with van der Waals surface area (Å²) in [7, 11) is 0. The molecule has 0 saturated carbocycles. The lowest BCUT2D eigenvalue weighted by Crippen LogP contribution is -2.20. The normalized spacial score (nSPS) is 18.0. The van der Waals surface area contributed by atoms with Gasteiger partial charge in [0, 0.05) is 40.2 Å². The second-order valence-electron chi connectivity index (χ2n) is 15.9. The number of aliphatic carboxylic acids is 2. The second-order valence-corrected chi connectivity index (χ2v) is 15.9. The lowest BCUT2D eigenvalue weighted by molar-refractivity contribution is -0.137. The van der Waals surface area contributed by atoms with Crippen molar-refractivity contribution >= 4 is 47.3 Å². The Morgan fingerprint density at radius 1 is 0.729 bits per heavy atom. The quantitative estimate of drug-likeness (QED) is 0.0778. The van der Waals surface area contributed by atoms with Crippen LogP contribution in [0.5, 0.6) is 0 Å². The first-order valence-electron chi connectivity index (χ1n) is 20.4. The van der Waals surface area contributed by atoms with E-state index in [0.717, 1.165) is 70.5 Å². The number of aliphatic hydroxyl groups excluding tert-OH is 2. The monoisotopic (exact) mass is 798 g/mol. The molecule has 8 bridgehead atoms. The van der Waals surface area contributed by atoms with Gasteiger partial charge < -0.3 is 25.4 Å². The Morgan fingerprint density at radius 3 is 1.97 bits per heavy atom. The summed E-state index contributed by atoms with van der Waals surface area (Å²) in [6.45, 7) is 18.5. The Balaban J connectivity index is 1.58. The number of nitrogens with one attached hydrogen (secondary N) is 1. The summed E-state index contributed by atoms with van der Waals surface area (Å²) in [5.74, 6) is -1.94. The molecule has 5 rings (SSSR count). The van der Waals surface area contributed by atoms with Gasteiger partial charge in [-0.15, -0.1) is 0 Å². The zero-order valence-electron chi connectivity index (χ0n) is 35.5. The van der Waals surface area contributed by atoms with E-state index < -0.39 is 18.0 Å². The molecule has 5 N–H and O–H groups in total. The van der Waals surface area contributed by atoms with E-state index >= 15 is 0 Å². The highest BCUT2D eigenvalue weighted by Gasteiger charge is 2.30. The minimum Gasteiger partial charge on any atom is -0.515 e. The molecule has 0 unspecified atom stereocenters. The molecule has 0 amide bonds. The van der Waals surface area contributed by atoms with Gasteiger partial charge in [0.1, 0.15) is 0 Å². The number of aromatic nitrogens is 1. The lowest BCUT2D eigenvalue weighted by atomic mass is 9.94. The van der Waals surface area contributed by atoms with Gasteiger partial charge in [-0.05, 0) is 152 Å². The predicted molar refractivity (Wildman–Crippen MR) is 240 cm³/mol. The standard InChI is InChI=1S/C49H58N4O6/c1-9-34-31(6)39-25-45-49(46(55)18-12-17-30(5)16-11-15-29(4)14-10-13-28(2)3)33(8)40(52-45)24-44-37(27-54)36(20-22-48(58)59)43(53-44)26-42-35(19-21-47(56)57)32(7)38(51-42)23-41(34)50-39/h9,13,15,17,23-27,46,50,54-55H,1,10-12,14,16,18-22H2,2-8H3,(H,56,57)(H,58,59)/b29-15+,30-17-,37-27?,39-25?,40-24?,41-23?,42-26?/t46-/m0/s1. The third kappa shape index (κ3) is 10.8. The molecule has 4 aliphatic heterocycles. The van der Waals surface area contributed by atoms with E-state index in [-0.39, 0.29) is 25.7 Å². The third-order valence-corrected chi connectivity index (χ3v) is 11.2. The number of carbonyl (C=O) groups is 2. The van der Waals surface area contributed by atoms with E-state index in [1.807, 2.05) is 32.9 Å². The molecule has 1 aromatic heterocycles. The second kappa shape index (κ2) is 19.7. The van der Waals surface area contributed by atoms with Crippen molar-refractivity contribution in [1.29, 1.82) is 0 Å². The van der Waals surface area contributed by atoms with Gasteiger partial charge in [0.2, 0.25) is 0 Å². The highest BCUT2D eigenvalue weighted by atomic mass is 16.4. The molecule has 5 heterocycles. The fourth-order valence-corrected chi connectivity index (χ4v) is 7.81. The van der Waals surface area contributed by atoms with Crippen LogP contribution >= 0.6 is 0 Å². The maximum atomic E-state index is 11.9. The van der Waals surface area contributed by atoms with Crippen LogP contribution in [0.15, 0.2) is 125 Å². The maximum absolute atomic E-state index is 11.9. The minimum atomic E-state index is -1.00. The molecule has 10 nitrogen and oxygen atoms in total. The molecule has 310 valence electrons. The van der Waals surface area contributed by atoms with Gasteiger partial charge in [0.05, 0.1) is 46.6 Å². The number of hydrogen-bond acceptors (Lipinski definition) is 7. The number of nitrogens with zero attached hydrogens (tertiary/aromatic N) is 3. The first-order chi connectivity index (χ1) is 28.1. The molecule has 0 radical (unpaired) electrons. The Hall–Kier alpha value is -5.87. The topological polar surface area (TPSA) is 168 Å². The molecule has 1 aromatic rings. The molecule has 10 heteroatoms. The van der Waals surface area contributed by atoms with E-state index in [4.69, 9.17) is 15.0 Å². The Kier molecular flexibility index (Phi) is 14.8. The Bertz CT molecular complexity index is 2440. The summed E-state index contributed by atoms with van der Waals surface area (Å²) >= 11 is 0. The molecule has 0 saturated heterocycles. The van der Waals surface area contributed by atoms with Gasteiger partial charge in [0.15, 0.2) is 0 Å². The summed E-state index contributed by atoms with van der Waals surface area (Å²) < 4.78 is 0. The number of carboxylic acid groups (broad SMARTS) is 2. The first-order valence-corrected chi connectivity index (χ1v) is 20.4. The maximum Gasteiger partial charge on any atom is 0.303 e. The van der Waals surface area contributed by atoms with E-state index in [2.05, 4.69) is 57.5 Å². The average molecular weight is 799 g/mol. The predicted octanol–water partition coefficient (Wildman–Crippen LogP) is 9.29. The van der Waals surface area contributed by atoms with Crippen molar-refractivity contribution in [2.24, 2.45) is 15.0 Å². The molecule has 1 atom stereocenters. The highest BCUT2D eigenvalue weighted by Crippen LogP contribution is 2.37. The summed E-state index contributed by atoms with van der Waals surface area (Å²) in [5.41, 5.74) is 12.8. The van der Waals surface area contributed by atoms with Crippen LogP contribution < -0.4 is 10.7 Å². The number of aromatic amines is 1. The number of rotatable bonds is 17. The van der Waals surface area contributed by atoms with Crippen molar-refractivity contribution < 1.29 is 30.0 Å². The SMILES string of the molecule is C=Cc1c(C)c2[nH]c1=CC1=NC(=CC3=C(CCC(=O)O)C(=CO)C(=N3)C=C3N=C(C=2)C([C@@H](O)CC/C=C(/C)CC/C=C(\C)CCC=C(C)C)=C3C)C(CCC(=O)O)=C1C. The fourth-order valence-electron chi connectivity index (χ4n) is 7.81. The van der Waals surface area contributed by atoms with Crippen LogP contribution in [0.1, 0.15) is 117 Å². The van der Waals surface area contributed by atoms with Crippen molar-refractivity contribution in [1.82, 2.24) is 4.98 Å². The van der Waals surface area contributed by atoms with E-state index in [1.165, 1.54) is 16.7 Å². The van der Waals surface area contributed by atoms with Crippen molar-refractivity contribution in [3.8, 4) is 0 Å². The number of hydrogen-bond donors (Lipinski definition) is 5. The molecule has 0 aromatic carbocycles. The first kappa shape index (κ1) is 44.2. The minimum absolute atomic E-state index is 0.0833. The number of carboxylic acids is 2. The zero-order valence-corrected chi connectivity index (χ0v) is 35.5. The summed E-state index contributed by atoms with van der Waals surface area (Å²) in [6, 6.07) is 0. The van der Waals surface area contributed by atoms with Crippen LogP contribution in [-0.4, -0.2) is 60.6 Å². The zero-order chi connectivity index (χ0) is 43.0. The molecule has 59 heavy (non-hydrogen) atoms. The Morgan fingerprint density at radius 2 is 1.34 bits per heavy atom. The molecule has 0 aliphatic carbocycles. The fraction of sp³-hybridized carbons (Fsp3) is 0.367. The molecule has 0 spiro atoms. The molecular weight excluding hydrogens is 741 g/mol. The average Bonchev–Trinajstić information content (AvgIpc) is 3.85. The number of aliphatic hydroxyl groups is 2. The van der Waals surface area contributed by atoms with E-state index in [1.54, 1.807) is 18.2 Å². The third-order valence-electron chi connectivity index (χ3n) is 11.2. The van der Waals surface area contributed by atoms with Gasteiger partial charge in [-0.25, -0.2) is 15.0 Å². The summed E-state index contributed by atoms with van der Waals surface area (Å²) in [5, 5.41) is 43.2. The number of aliphatic imine (C=N–C) groups is 3. The van der Waals surface area contributed by atoms with Crippen LogP contribution in [0.2, 0.25) is 0 Å². The van der Waals surface area contributed by atoms with Gasteiger partial charge in [0.25, 0.3) is 0 Å². The van der Waals surface area contributed by atoms with Gasteiger partial charge >= 0.3 is 11.9 Å². The smallest absolute Gasteiger partial charge is 0.303 e. The van der Waals surface area contributed by atoms with Crippen molar-refractivity contribution in [3.05, 3.63) is 132 Å². The van der Waals surface area contributed by atoms with Gasteiger partial charge in [-0.1, -0.05) is 47.6 Å². The van der Waals surface area contributed by atoms with Gasteiger partial charge in [-0.3, -0.25) is 9.59 Å². The van der Waals surface area contributed by atoms with E-state index in [9.17, 15) is 30.0 Å². The van der Waals surface area contributed by atoms with Crippen molar-refractivity contribution in [2.75, 3.05) is 0 Å². The molecule has 4 aliphatic rings. The number of H-pyrrole nitrogens is 1. The van der Waals surface area contributed by atoms with Crippen LogP contribution in [0, 0.1) is 6.92 Å². The largest absolute Gasteiger partial charge is 0.515 e. The Labute approximate surface area is 347 Å². The van der Waals surface area contributed by atoms with E-state index in [0.29, 0.717) is 63.8 Å². The molecular formula is C49H58N4O6. The van der Waals surface area contributed by atoms with Crippen LogP contribution in [0.4, 0.5) is 0 Å². The van der Waals surface area contributed by atoms with Crippen molar-refractivity contribution in [3.63, 3.8) is 0 Å². The van der Waals surface area contributed by atoms with Crippen LogP contribution in [0.25, 0.3) is 18.2 Å². The lowest BCUT2D eigenvalue weighted by Gasteiger charge is -2.13. The summed E-state index contributed by atoms with van der Waals surface area (Å²) in [4.78, 5) is 41.9. The summed E-state index contributed by atoms with van der Waals surface area (Å²) in [6.07, 6.45) is 21.3. The van der Waals surface area contributed by atoms with Gasteiger partial charge in [-0.2, -0.15) is 0 Å².